The Balaban J connectivity index is 1.82. The molecule has 122 valence electrons. The number of halogens is 2. The quantitative estimate of drug-likeness (QED) is 0.288. The van der Waals surface area contributed by atoms with Gasteiger partial charge in [0.05, 0.1) is 12.2 Å². The van der Waals surface area contributed by atoms with Gasteiger partial charge in [-0.1, -0.05) is 27.5 Å². The molecule has 4 N–H and O–H groups in total. The number of hydrogen-bond acceptors (Lipinski definition) is 4. The van der Waals surface area contributed by atoms with E-state index < -0.39 is 0 Å². The van der Waals surface area contributed by atoms with Crippen molar-refractivity contribution in [2.75, 3.05) is 18.5 Å². The number of anilines is 1. The van der Waals surface area contributed by atoms with Gasteiger partial charge in [-0.2, -0.15) is 0 Å². The van der Waals surface area contributed by atoms with Crippen molar-refractivity contribution in [2.45, 2.75) is 6.42 Å². The van der Waals surface area contributed by atoms with Gasteiger partial charge in [-0.3, -0.25) is 10.2 Å². The molecule has 2 aromatic rings. The highest BCUT2D eigenvalue weighted by Gasteiger charge is 2.10. The molecular formula is C16H17BrClN3O2. The third-order valence-corrected chi connectivity index (χ3v) is 3.82. The number of benzene rings is 2. The van der Waals surface area contributed by atoms with Crippen molar-refractivity contribution >= 4 is 39.1 Å². The van der Waals surface area contributed by atoms with Crippen LogP contribution in [-0.2, 0) is 0 Å². The van der Waals surface area contributed by atoms with Crippen molar-refractivity contribution in [3.8, 4) is 5.75 Å². The summed E-state index contributed by atoms with van der Waals surface area (Å²) in [7, 11) is 0. The fourth-order valence-electron chi connectivity index (χ4n) is 1.95. The van der Waals surface area contributed by atoms with E-state index in [1.54, 1.807) is 18.2 Å². The van der Waals surface area contributed by atoms with Crippen molar-refractivity contribution in [2.24, 2.45) is 5.84 Å². The van der Waals surface area contributed by atoms with Crippen molar-refractivity contribution in [1.29, 1.82) is 0 Å². The summed E-state index contributed by atoms with van der Waals surface area (Å²) in [5.41, 5.74) is 3.35. The number of nitrogens with one attached hydrogen (secondary N) is 2. The Kier molecular flexibility index (Phi) is 6.70. The minimum absolute atomic E-state index is 0.341. The molecule has 0 aromatic heterocycles. The first-order valence-corrected chi connectivity index (χ1v) is 8.20. The third-order valence-electron chi connectivity index (χ3n) is 3.08. The summed E-state index contributed by atoms with van der Waals surface area (Å²) in [5, 5.41) is 3.89. The molecule has 0 aliphatic carbocycles. The summed E-state index contributed by atoms with van der Waals surface area (Å²) in [6.07, 6.45) is 0.780. The third kappa shape index (κ3) is 5.42. The lowest BCUT2D eigenvalue weighted by molar-refractivity contribution is 0.0954. The fraction of sp³-hybridized carbons (Fsp3) is 0.188. The molecule has 0 unspecified atom stereocenters. The average molecular weight is 399 g/mol. The number of nitrogen functional groups attached to an aromatic ring is 1. The molecule has 0 aliphatic heterocycles. The van der Waals surface area contributed by atoms with Gasteiger partial charge in [0.2, 0.25) is 0 Å². The van der Waals surface area contributed by atoms with Gasteiger partial charge in [-0.15, -0.1) is 0 Å². The molecule has 0 spiro atoms. The highest BCUT2D eigenvalue weighted by atomic mass is 79.9. The molecule has 7 heteroatoms. The molecule has 0 saturated heterocycles. The van der Waals surface area contributed by atoms with Crippen molar-refractivity contribution < 1.29 is 9.53 Å². The Morgan fingerprint density at radius 2 is 1.96 bits per heavy atom. The van der Waals surface area contributed by atoms with E-state index in [0.717, 1.165) is 22.3 Å². The van der Waals surface area contributed by atoms with E-state index in [-0.39, 0.29) is 5.91 Å². The van der Waals surface area contributed by atoms with E-state index in [2.05, 4.69) is 26.7 Å². The Morgan fingerprint density at radius 3 is 2.65 bits per heavy atom. The SMILES string of the molecule is NNC(=O)c1cc(Br)ccc1NCCCOc1ccc(Cl)cc1. The first-order valence-electron chi connectivity index (χ1n) is 7.03. The summed E-state index contributed by atoms with van der Waals surface area (Å²) >= 11 is 9.16. The topological polar surface area (TPSA) is 76.4 Å². The van der Waals surface area contributed by atoms with Crippen LogP contribution in [0.4, 0.5) is 5.69 Å². The average Bonchev–Trinajstić information content (AvgIpc) is 2.56. The first kappa shape index (κ1) is 17.6. The predicted octanol–water partition coefficient (Wildman–Crippen LogP) is 3.59. The lowest BCUT2D eigenvalue weighted by atomic mass is 10.1. The molecule has 0 saturated carbocycles. The Morgan fingerprint density at radius 1 is 1.22 bits per heavy atom. The van der Waals surface area contributed by atoms with E-state index in [1.807, 2.05) is 24.3 Å². The highest BCUT2D eigenvalue weighted by Crippen LogP contribution is 2.21. The van der Waals surface area contributed by atoms with E-state index in [1.165, 1.54) is 0 Å². The van der Waals surface area contributed by atoms with Gasteiger partial charge in [0, 0.05) is 21.7 Å². The molecule has 0 heterocycles. The smallest absolute Gasteiger partial charge is 0.267 e. The number of nitrogens with two attached hydrogens (primary N) is 1. The Hall–Kier alpha value is -1.76. The zero-order valence-electron chi connectivity index (χ0n) is 12.3. The maximum Gasteiger partial charge on any atom is 0.267 e. The molecule has 0 bridgehead atoms. The summed E-state index contributed by atoms with van der Waals surface area (Å²) in [5.74, 6) is 5.64. The van der Waals surface area contributed by atoms with Crippen molar-refractivity contribution in [3.05, 3.63) is 57.5 Å². The number of carbonyl (C=O) groups is 1. The molecule has 0 aliphatic rings. The second kappa shape index (κ2) is 8.76. The van der Waals surface area contributed by atoms with Crippen LogP contribution in [0.15, 0.2) is 46.9 Å². The molecule has 0 fully saturated rings. The fourth-order valence-corrected chi connectivity index (χ4v) is 2.44. The molecule has 2 aromatic carbocycles. The molecule has 23 heavy (non-hydrogen) atoms. The molecule has 2 rings (SSSR count). The van der Waals surface area contributed by atoms with Gasteiger partial charge in [0.25, 0.3) is 5.91 Å². The number of hydrazine groups is 1. The van der Waals surface area contributed by atoms with Crippen LogP contribution in [0.5, 0.6) is 5.75 Å². The van der Waals surface area contributed by atoms with Crippen LogP contribution in [0.1, 0.15) is 16.8 Å². The van der Waals surface area contributed by atoms with Crippen molar-refractivity contribution in [1.82, 2.24) is 5.43 Å². The number of hydrogen-bond donors (Lipinski definition) is 3. The van der Waals surface area contributed by atoms with Gasteiger partial charge in [-0.05, 0) is 48.9 Å². The number of carbonyl (C=O) groups excluding carboxylic acids is 1. The maximum absolute atomic E-state index is 11.8. The van der Waals surface area contributed by atoms with Crippen LogP contribution in [0.3, 0.4) is 0 Å². The summed E-state index contributed by atoms with van der Waals surface area (Å²) in [4.78, 5) is 11.8. The summed E-state index contributed by atoms with van der Waals surface area (Å²) in [6.45, 7) is 1.23. The van der Waals surface area contributed by atoms with E-state index >= 15 is 0 Å². The molecule has 1 amide bonds. The van der Waals surface area contributed by atoms with Crippen LogP contribution in [0, 0.1) is 0 Å². The molecular weight excluding hydrogens is 382 g/mol. The van der Waals surface area contributed by atoms with Gasteiger partial charge in [0.15, 0.2) is 0 Å². The highest BCUT2D eigenvalue weighted by molar-refractivity contribution is 9.10. The zero-order chi connectivity index (χ0) is 16.7. The normalized spacial score (nSPS) is 10.2. The predicted molar refractivity (Wildman–Crippen MR) is 95.8 cm³/mol. The maximum atomic E-state index is 11.8. The standard InChI is InChI=1S/C16H17BrClN3O2/c17-11-2-7-15(14(10-11)16(22)21-19)20-8-1-9-23-13-5-3-12(18)4-6-13/h2-7,10,20H,1,8-9,19H2,(H,21,22). The van der Waals surface area contributed by atoms with Crippen LogP contribution in [0.2, 0.25) is 5.02 Å². The molecule has 0 radical (unpaired) electrons. The van der Waals surface area contributed by atoms with E-state index in [4.69, 9.17) is 22.2 Å². The Bertz CT molecular complexity index is 665. The molecule has 5 nitrogen and oxygen atoms in total. The van der Waals surface area contributed by atoms with E-state index in [9.17, 15) is 4.79 Å². The second-order valence-electron chi connectivity index (χ2n) is 4.75. The van der Waals surface area contributed by atoms with Gasteiger partial charge >= 0.3 is 0 Å². The zero-order valence-corrected chi connectivity index (χ0v) is 14.7. The van der Waals surface area contributed by atoms with E-state index in [0.29, 0.717) is 23.7 Å². The van der Waals surface area contributed by atoms with Crippen LogP contribution in [-0.4, -0.2) is 19.1 Å². The largest absolute Gasteiger partial charge is 0.494 e. The minimum atomic E-state index is -0.341. The van der Waals surface area contributed by atoms with Gasteiger partial charge in [0.1, 0.15) is 5.75 Å². The Labute approximate surface area is 148 Å². The lowest BCUT2D eigenvalue weighted by Crippen LogP contribution is -2.30. The van der Waals surface area contributed by atoms with Crippen molar-refractivity contribution in [3.63, 3.8) is 0 Å². The summed E-state index contributed by atoms with van der Waals surface area (Å²) in [6, 6.07) is 12.6. The van der Waals surface area contributed by atoms with Crippen LogP contribution >= 0.6 is 27.5 Å². The minimum Gasteiger partial charge on any atom is -0.494 e. The molecule has 0 atom stereocenters. The van der Waals surface area contributed by atoms with Gasteiger partial charge < -0.3 is 10.1 Å². The number of rotatable bonds is 7. The first-order chi connectivity index (χ1) is 11.1. The monoisotopic (exact) mass is 397 g/mol. The van der Waals surface area contributed by atoms with Gasteiger partial charge in [-0.25, -0.2) is 5.84 Å². The lowest BCUT2D eigenvalue weighted by Gasteiger charge is -2.12. The number of amides is 1. The second-order valence-corrected chi connectivity index (χ2v) is 6.10. The van der Waals surface area contributed by atoms with Crippen LogP contribution < -0.4 is 21.3 Å². The number of ether oxygens (including phenoxy) is 1. The summed E-state index contributed by atoms with van der Waals surface area (Å²) < 4.78 is 6.42. The van der Waals surface area contributed by atoms with Crippen LogP contribution in [0.25, 0.3) is 0 Å².